The number of ether oxygens (including phenoxy) is 1. The lowest BCUT2D eigenvalue weighted by atomic mass is 10.1. The number of rotatable bonds is 9. The van der Waals surface area contributed by atoms with Crippen LogP contribution in [0.1, 0.15) is 22.3 Å². The molecule has 1 aromatic rings. The van der Waals surface area contributed by atoms with Crippen LogP contribution in [0.5, 0.6) is 0 Å². The van der Waals surface area contributed by atoms with Crippen LogP contribution in [0.25, 0.3) is 0 Å². The molecule has 30 heavy (non-hydrogen) atoms. The van der Waals surface area contributed by atoms with Crippen molar-refractivity contribution in [3.8, 4) is 0 Å². The van der Waals surface area contributed by atoms with E-state index >= 15 is 0 Å². The van der Waals surface area contributed by atoms with Crippen molar-refractivity contribution >= 4 is 15.9 Å². The molecule has 168 valence electrons. The van der Waals surface area contributed by atoms with Crippen molar-refractivity contribution in [2.45, 2.75) is 13.3 Å². The highest BCUT2D eigenvalue weighted by atomic mass is 32.2. The Balaban J connectivity index is 1.63. The van der Waals surface area contributed by atoms with Crippen molar-refractivity contribution < 1.29 is 17.9 Å². The van der Waals surface area contributed by atoms with Gasteiger partial charge >= 0.3 is 0 Å². The van der Waals surface area contributed by atoms with Crippen LogP contribution in [0.4, 0.5) is 0 Å². The van der Waals surface area contributed by atoms with E-state index in [9.17, 15) is 13.2 Å². The predicted molar refractivity (Wildman–Crippen MR) is 117 cm³/mol. The predicted octanol–water partition coefficient (Wildman–Crippen LogP) is 0.395. The third kappa shape index (κ3) is 6.49. The van der Waals surface area contributed by atoms with E-state index in [-0.39, 0.29) is 18.2 Å². The number of benzene rings is 1. The fourth-order valence-corrected chi connectivity index (χ4v) is 5.33. The molecule has 0 aromatic heterocycles. The SMILES string of the molecule is Cc1ccccc1C(=O)N(CCCN1CCOCC1)CCS(=O)(=O)N1CCNCC1. The average molecular weight is 439 g/mol. The number of carbonyl (C=O) groups is 1. The summed E-state index contributed by atoms with van der Waals surface area (Å²) in [6, 6.07) is 7.49. The highest BCUT2D eigenvalue weighted by molar-refractivity contribution is 7.89. The summed E-state index contributed by atoms with van der Waals surface area (Å²) in [6.45, 7) is 9.17. The number of piperazine rings is 1. The summed E-state index contributed by atoms with van der Waals surface area (Å²) in [7, 11) is -3.38. The minimum Gasteiger partial charge on any atom is -0.379 e. The second-order valence-electron chi connectivity index (χ2n) is 7.88. The van der Waals surface area contributed by atoms with Gasteiger partial charge in [0, 0.05) is 64.5 Å². The lowest BCUT2D eigenvalue weighted by Crippen LogP contribution is -2.48. The fraction of sp³-hybridized carbons (Fsp3) is 0.667. The summed E-state index contributed by atoms with van der Waals surface area (Å²) in [4.78, 5) is 17.3. The van der Waals surface area contributed by atoms with E-state index in [1.165, 1.54) is 4.31 Å². The summed E-state index contributed by atoms with van der Waals surface area (Å²) >= 11 is 0. The standard InChI is InChI=1S/C21H34N4O4S/c1-19-5-2-3-6-20(19)21(26)24(10-4-9-23-13-16-29-17-14-23)15-18-30(27,28)25-11-7-22-8-12-25/h2-3,5-6,22H,4,7-18H2,1H3. The van der Waals surface area contributed by atoms with E-state index in [1.54, 1.807) is 4.90 Å². The Bertz CT molecular complexity index is 790. The van der Waals surface area contributed by atoms with Crippen LogP contribution >= 0.6 is 0 Å². The van der Waals surface area contributed by atoms with Gasteiger partial charge in [0.25, 0.3) is 5.91 Å². The van der Waals surface area contributed by atoms with Crippen LogP contribution in [0.3, 0.4) is 0 Å². The van der Waals surface area contributed by atoms with Crippen LogP contribution in [0.15, 0.2) is 24.3 Å². The summed E-state index contributed by atoms with van der Waals surface area (Å²) in [5.41, 5.74) is 1.55. The molecule has 0 atom stereocenters. The molecule has 1 amide bonds. The third-order valence-corrected chi connectivity index (χ3v) is 7.61. The Kier molecular flexibility index (Phi) is 8.64. The smallest absolute Gasteiger partial charge is 0.254 e. The highest BCUT2D eigenvalue weighted by Gasteiger charge is 2.26. The zero-order valence-corrected chi connectivity index (χ0v) is 18.7. The second kappa shape index (κ2) is 11.2. The molecule has 2 aliphatic rings. The van der Waals surface area contributed by atoms with Gasteiger partial charge < -0.3 is 15.0 Å². The summed E-state index contributed by atoms with van der Waals surface area (Å²) in [6.07, 6.45) is 0.811. The van der Waals surface area contributed by atoms with E-state index < -0.39 is 10.0 Å². The molecule has 0 spiro atoms. The van der Waals surface area contributed by atoms with E-state index in [1.807, 2.05) is 31.2 Å². The maximum absolute atomic E-state index is 13.2. The Labute approximate surface area is 180 Å². The molecular weight excluding hydrogens is 404 g/mol. The van der Waals surface area contributed by atoms with E-state index in [0.29, 0.717) is 38.3 Å². The van der Waals surface area contributed by atoms with Gasteiger partial charge in [-0.15, -0.1) is 0 Å². The molecule has 0 aliphatic carbocycles. The van der Waals surface area contributed by atoms with Gasteiger partial charge in [0.05, 0.1) is 19.0 Å². The highest BCUT2D eigenvalue weighted by Crippen LogP contribution is 2.13. The van der Waals surface area contributed by atoms with Crippen LogP contribution in [-0.2, 0) is 14.8 Å². The minimum absolute atomic E-state index is 0.0395. The number of carbonyl (C=O) groups excluding carboxylic acids is 1. The van der Waals surface area contributed by atoms with Crippen molar-refractivity contribution in [1.82, 2.24) is 19.4 Å². The van der Waals surface area contributed by atoms with Crippen molar-refractivity contribution in [3.63, 3.8) is 0 Å². The second-order valence-corrected chi connectivity index (χ2v) is 9.97. The summed E-state index contributed by atoms with van der Waals surface area (Å²) in [5, 5.41) is 3.17. The van der Waals surface area contributed by atoms with Crippen LogP contribution < -0.4 is 5.32 Å². The lowest BCUT2D eigenvalue weighted by Gasteiger charge is -2.30. The first-order chi connectivity index (χ1) is 14.5. The number of aryl methyl sites for hydroxylation is 1. The summed E-state index contributed by atoms with van der Waals surface area (Å²) < 4.78 is 32.5. The molecule has 0 bridgehead atoms. The number of nitrogens with one attached hydrogen (secondary N) is 1. The Morgan fingerprint density at radius 2 is 1.80 bits per heavy atom. The van der Waals surface area contributed by atoms with Gasteiger partial charge in [0.1, 0.15) is 0 Å². The van der Waals surface area contributed by atoms with Gasteiger partial charge in [-0.2, -0.15) is 4.31 Å². The number of hydrogen-bond donors (Lipinski definition) is 1. The number of amides is 1. The van der Waals surface area contributed by atoms with Crippen LogP contribution in [0.2, 0.25) is 0 Å². The van der Waals surface area contributed by atoms with Gasteiger partial charge in [-0.05, 0) is 25.0 Å². The number of nitrogens with zero attached hydrogens (tertiary/aromatic N) is 3. The zero-order valence-electron chi connectivity index (χ0n) is 17.9. The Morgan fingerprint density at radius 1 is 1.10 bits per heavy atom. The number of sulfonamides is 1. The first-order valence-electron chi connectivity index (χ1n) is 10.8. The van der Waals surface area contributed by atoms with Gasteiger partial charge in [0.15, 0.2) is 0 Å². The topological polar surface area (TPSA) is 82.2 Å². The maximum atomic E-state index is 13.2. The van der Waals surface area contributed by atoms with Gasteiger partial charge in [-0.3, -0.25) is 9.69 Å². The van der Waals surface area contributed by atoms with Gasteiger partial charge in [-0.1, -0.05) is 18.2 Å². The molecule has 1 aromatic carbocycles. The quantitative estimate of drug-likeness (QED) is 0.601. The lowest BCUT2D eigenvalue weighted by molar-refractivity contribution is 0.0358. The molecule has 0 unspecified atom stereocenters. The van der Waals surface area contributed by atoms with E-state index in [4.69, 9.17) is 4.74 Å². The largest absolute Gasteiger partial charge is 0.379 e. The molecule has 2 saturated heterocycles. The Hall–Kier alpha value is -1.52. The van der Waals surface area contributed by atoms with E-state index in [2.05, 4.69) is 10.2 Å². The Morgan fingerprint density at radius 3 is 2.50 bits per heavy atom. The average Bonchev–Trinajstić information content (AvgIpc) is 2.77. The molecule has 1 N–H and O–H groups in total. The monoisotopic (exact) mass is 438 g/mol. The molecule has 3 rings (SSSR count). The normalized spacial score (nSPS) is 19.0. The minimum atomic E-state index is -3.38. The molecule has 2 aliphatic heterocycles. The zero-order chi connectivity index (χ0) is 21.4. The molecule has 2 fully saturated rings. The van der Waals surface area contributed by atoms with Crippen molar-refractivity contribution in [2.24, 2.45) is 0 Å². The van der Waals surface area contributed by atoms with E-state index in [0.717, 1.165) is 44.8 Å². The molecule has 8 nitrogen and oxygen atoms in total. The molecule has 9 heteroatoms. The van der Waals surface area contributed by atoms with Crippen molar-refractivity contribution in [1.29, 1.82) is 0 Å². The van der Waals surface area contributed by atoms with Crippen LogP contribution in [0, 0.1) is 6.92 Å². The molecule has 0 saturated carbocycles. The molecule has 0 radical (unpaired) electrons. The van der Waals surface area contributed by atoms with Crippen molar-refractivity contribution in [3.05, 3.63) is 35.4 Å². The summed E-state index contributed by atoms with van der Waals surface area (Å²) in [5.74, 6) is -0.132. The molecular formula is C21H34N4O4S. The van der Waals surface area contributed by atoms with Crippen molar-refractivity contribution in [2.75, 3.05) is 77.9 Å². The van der Waals surface area contributed by atoms with Gasteiger partial charge in [-0.25, -0.2) is 8.42 Å². The fourth-order valence-electron chi connectivity index (χ4n) is 3.89. The first kappa shape index (κ1) is 23.1. The third-order valence-electron chi connectivity index (χ3n) is 5.76. The maximum Gasteiger partial charge on any atom is 0.254 e. The molecule has 2 heterocycles. The number of hydrogen-bond acceptors (Lipinski definition) is 6. The number of morpholine rings is 1. The first-order valence-corrected chi connectivity index (χ1v) is 12.4. The van der Waals surface area contributed by atoms with Crippen LogP contribution in [-0.4, -0.2) is 106 Å². The van der Waals surface area contributed by atoms with Gasteiger partial charge in [0.2, 0.25) is 10.0 Å².